The Labute approximate surface area is 172 Å². The van der Waals surface area contributed by atoms with E-state index in [4.69, 9.17) is 0 Å². The Morgan fingerprint density at radius 3 is 2.73 bits per heavy atom. The smallest absolute Gasteiger partial charge is 0.116 e. The van der Waals surface area contributed by atoms with E-state index in [1.54, 1.807) is 6.20 Å². The second-order valence-corrected chi connectivity index (χ2v) is 7.42. The Morgan fingerprint density at radius 1 is 0.900 bits per heavy atom. The van der Waals surface area contributed by atoms with Gasteiger partial charge in [-0.15, -0.1) is 0 Å². The van der Waals surface area contributed by atoms with Gasteiger partial charge in [0.25, 0.3) is 0 Å². The molecule has 0 radical (unpaired) electrons. The van der Waals surface area contributed by atoms with Gasteiger partial charge in [0.1, 0.15) is 5.69 Å². The molecule has 7 heteroatoms. The molecular weight excluding hydrogens is 374 g/mol. The maximum absolute atomic E-state index is 4.64. The number of hydrogen-bond acceptors (Lipinski definition) is 5. The molecule has 0 saturated heterocycles. The third-order valence-electron chi connectivity index (χ3n) is 5.58. The third kappa shape index (κ3) is 2.79. The van der Waals surface area contributed by atoms with E-state index in [1.807, 2.05) is 36.8 Å². The highest BCUT2D eigenvalue weighted by atomic mass is 15.1. The molecule has 5 aromatic rings. The number of aromatic nitrogens is 6. The van der Waals surface area contributed by atoms with Crippen LogP contribution in [0.25, 0.3) is 50.0 Å². The zero-order chi connectivity index (χ0) is 19.9. The van der Waals surface area contributed by atoms with Crippen molar-refractivity contribution in [1.29, 1.82) is 0 Å². The van der Waals surface area contributed by atoms with Crippen LogP contribution in [0, 0.1) is 0 Å². The van der Waals surface area contributed by atoms with E-state index in [-0.39, 0.29) is 0 Å². The lowest BCUT2D eigenvalue weighted by molar-refractivity contribution is 0.737. The van der Waals surface area contributed by atoms with Crippen LogP contribution >= 0.6 is 0 Å². The van der Waals surface area contributed by atoms with Gasteiger partial charge >= 0.3 is 0 Å². The molecule has 5 aromatic heterocycles. The zero-order valence-corrected chi connectivity index (χ0v) is 16.2. The normalized spacial score (nSPS) is 14.3. The van der Waals surface area contributed by atoms with Crippen molar-refractivity contribution in [2.45, 2.75) is 6.42 Å². The predicted octanol–water partition coefficient (Wildman–Crippen LogP) is 3.94. The van der Waals surface area contributed by atoms with E-state index in [1.165, 1.54) is 5.57 Å². The van der Waals surface area contributed by atoms with Crippen LogP contribution < -0.4 is 5.32 Å². The number of nitrogens with one attached hydrogen (secondary N) is 3. The minimum Gasteiger partial charge on any atom is -0.353 e. The number of rotatable bonds is 3. The van der Waals surface area contributed by atoms with Gasteiger partial charge in [-0.05, 0) is 48.9 Å². The molecule has 0 unspecified atom stereocenters. The van der Waals surface area contributed by atoms with Gasteiger partial charge in [-0.25, -0.2) is 0 Å². The highest BCUT2D eigenvalue weighted by Crippen LogP contribution is 2.33. The first-order chi connectivity index (χ1) is 14.9. The molecule has 0 atom stereocenters. The van der Waals surface area contributed by atoms with Crippen molar-refractivity contribution in [2.24, 2.45) is 0 Å². The first-order valence-corrected chi connectivity index (χ1v) is 9.99. The first-order valence-electron chi connectivity index (χ1n) is 9.99. The highest BCUT2D eigenvalue weighted by molar-refractivity contribution is 6.00. The second kappa shape index (κ2) is 6.89. The van der Waals surface area contributed by atoms with Crippen molar-refractivity contribution in [3.05, 3.63) is 66.9 Å². The summed E-state index contributed by atoms with van der Waals surface area (Å²) in [5, 5.41) is 13.2. The average molecular weight is 393 g/mol. The predicted molar refractivity (Wildman–Crippen MR) is 118 cm³/mol. The molecule has 3 N–H and O–H groups in total. The molecule has 0 spiro atoms. The number of pyridine rings is 3. The molecule has 7 nitrogen and oxygen atoms in total. The van der Waals surface area contributed by atoms with Crippen molar-refractivity contribution >= 4 is 27.4 Å². The maximum Gasteiger partial charge on any atom is 0.116 e. The summed E-state index contributed by atoms with van der Waals surface area (Å²) in [6.45, 7) is 1.87. The number of nitrogens with zero attached hydrogens (tertiary/aromatic N) is 4. The van der Waals surface area contributed by atoms with Crippen molar-refractivity contribution in [2.75, 3.05) is 13.1 Å². The number of hydrogen-bond donors (Lipinski definition) is 3. The van der Waals surface area contributed by atoms with Crippen LogP contribution in [0.5, 0.6) is 0 Å². The summed E-state index contributed by atoms with van der Waals surface area (Å²) in [7, 11) is 0. The molecule has 1 aliphatic heterocycles. The monoisotopic (exact) mass is 393 g/mol. The van der Waals surface area contributed by atoms with Crippen molar-refractivity contribution in [3.8, 4) is 22.6 Å². The molecule has 6 rings (SSSR count). The Balaban J connectivity index is 1.50. The fraction of sp³-hybridized carbons (Fsp3) is 0.130. The van der Waals surface area contributed by atoms with Gasteiger partial charge in [-0.1, -0.05) is 6.08 Å². The van der Waals surface area contributed by atoms with Gasteiger partial charge in [0, 0.05) is 47.0 Å². The molecule has 6 heterocycles. The number of aromatic amines is 2. The van der Waals surface area contributed by atoms with E-state index in [2.05, 4.69) is 53.7 Å². The summed E-state index contributed by atoms with van der Waals surface area (Å²) in [5.74, 6) is 0. The van der Waals surface area contributed by atoms with E-state index in [9.17, 15) is 0 Å². The van der Waals surface area contributed by atoms with E-state index in [0.717, 1.165) is 69.7 Å². The molecule has 30 heavy (non-hydrogen) atoms. The van der Waals surface area contributed by atoms with Crippen molar-refractivity contribution < 1.29 is 0 Å². The first kappa shape index (κ1) is 17.1. The summed E-state index contributed by atoms with van der Waals surface area (Å²) in [4.78, 5) is 17.0. The third-order valence-corrected chi connectivity index (χ3v) is 5.58. The molecule has 0 aromatic carbocycles. The maximum atomic E-state index is 4.64. The Morgan fingerprint density at radius 2 is 1.87 bits per heavy atom. The molecule has 0 amide bonds. The molecule has 0 fully saturated rings. The van der Waals surface area contributed by atoms with Crippen LogP contribution in [0.1, 0.15) is 12.1 Å². The van der Waals surface area contributed by atoms with E-state index >= 15 is 0 Å². The van der Waals surface area contributed by atoms with Crippen molar-refractivity contribution in [1.82, 2.24) is 35.5 Å². The standard InChI is InChI=1S/C23H19N7/c1-2-15(12-25-6-1)22-16-11-20(28-18(16)5-9-26-22)23-17-10-19(14-3-7-24-8-4-14)27-13-21(17)29-30-23/h1-3,5-6,9-13,24,28H,4,7-8H2,(H,29,30). The summed E-state index contributed by atoms with van der Waals surface area (Å²) in [6, 6.07) is 10.2. The summed E-state index contributed by atoms with van der Waals surface area (Å²) >= 11 is 0. The number of H-pyrrole nitrogens is 2. The van der Waals surface area contributed by atoms with Gasteiger partial charge in [0.2, 0.25) is 0 Å². The quantitative estimate of drug-likeness (QED) is 0.432. The SMILES string of the molecule is C1=C(c2cc3c(-c4cc5c(-c6cccnc6)nccc5[nH]4)n[nH]c3cn2)CCNC1. The lowest BCUT2D eigenvalue weighted by atomic mass is 10.0. The van der Waals surface area contributed by atoms with Crippen molar-refractivity contribution in [3.63, 3.8) is 0 Å². The van der Waals surface area contributed by atoms with Gasteiger partial charge < -0.3 is 10.3 Å². The minimum atomic E-state index is 0.886. The molecular formula is C23H19N7. The van der Waals surface area contributed by atoms with Gasteiger partial charge in [0.15, 0.2) is 0 Å². The van der Waals surface area contributed by atoms with Crippen LogP contribution in [0.15, 0.2) is 61.2 Å². The van der Waals surface area contributed by atoms with Crippen LogP contribution in [0.3, 0.4) is 0 Å². The van der Waals surface area contributed by atoms with Crippen LogP contribution in [-0.2, 0) is 0 Å². The van der Waals surface area contributed by atoms with E-state index < -0.39 is 0 Å². The Hall–Kier alpha value is -3.84. The average Bonchev–Trinajstić information content (AvgIpc) is 3.43. The van der Waals surface area contributed by atoms with Crippen LogP contribution in [-0.4, -0.2) is 43.2 Å². The fourth-order valence-electron chi connectivity index (χ4n) is 4.07. The lowest BCUT2D eigenvalue weighted by Gasteiger charge is -2.13. The largest absolute Gasteiger partial charge is 0.353 e. The second-order valence-electron chi connectivity index (χ2n) is 7.42. The topological polar surface area (TPSA) is 95.2 Å². The molecule has 146 valence electrons. The summed E-state index contributed by atoms with van der Waals surface area (Å²) in [6.07, 6.45) is 10.5. The zero-order valence-electron chi connectivity index (χ0n) is 16.2. The molecule has 0 bridgehead atoms. The minimum absolute atomic E-state index is 0.886. The lowest BCUT2D eigenvalue weighted by Crippen LogP contribution is -2.20. The van der Waals surface area contributed by atoms with E-state index in [0.29, 0.717) is 0 Å². The van der Waals surface area contributed by atoms with Crippen LogP contribution in [0.4, 0.5) is 0 Å². The van der Waals surface area contributed by atoms with Crippen LogP contribution in [0.2, 0.25) is 0 Å². The molecule has 0 saturated carbocycles. The molecule has 1 aliphatic rings. The summed E-state index contributed by atoms with van der Waals surface area (Å²) < 4.78 is 0. The molecule has 0 aliphatic carbocycles. The van der Waals surface area contributed by atoms with Gasteiger partial charge in [-0.2, -0.15) is 5.10 Å². The Kier molecular flexibility index (Phi) is 3.92. The summed E-state index contributed by atoms with van der Waals surface area (Å²) in [5.41, 5.74) is 7.97. The fourth-order valence-corrected chi connectivity index (χ4v) is 4.07. The Bertz CT molecular complexity index is 1400. The van der Waals surface area contributed by atoms with Gasteiger partial charge in [-0.3, -0.25) is 20.1 Å². The number of fused-ring (bicyclic) bond motifs is 2. The van der Waals surface area contributed by atoms with Gasteiger partial charge in [0.05, 0.1) is 28.8 Å². The highest BCUT2D eigenvalue weighted by Gasteiger charge is 2.16.